The molecule has 36 heavy (non-hydrogen) atoms. The van der Waals surface area contributed by atoms with Gasteiger partial charge in [0.15, 0.2) is 0 Å². The van der Waals surface area contributed by atoms with E-state index in [4.69, 9.17) is 11.5 Å². The molecule has 1 aromatic carbocycles. The second-order valence-electron chi connectivity index (χ2n) is 8.67. The quantitative estimate of drug-likeness (QED) is 0.181. The summed E-state index contributed by atoms with van der Waals surface area (Å²) in [6, 6.07) is 2.37. The van der Waals surface area contributed by atoms with E-state index in [1.54, 1.807) is 6.20 Å². The van der Waals surface area contributed by atoms with E-state index in [1.807, 2.05) is 24.3 Å². The van der Waals surface area contributed by atoms with Crippen molar-refractivity contribution < 1.29 is 34.2 Å². The molecule has 0 aliphatic carbocycles. The van der Waals surface area contributed by atoms with Crippen molar-refractivity contribution in [3.05, 3.63) is 36.0 Å². The second-order valence-corrected chi connectivity index (χ2v) is 8.67. The largest absolute Gasteiger partial charge is 0.480 e. The number of carboxylic acid groups (broad SMARTS) is 1. The molecule has 4 atom stereocenters. The highest BCUT2D eigenvalue weighted by molar-refractivity contribution is 5.95. The monoisotopic (exact) mass is 502 g/mol. The molecule has 1 fully saturated rings. The summed E-state index contributed by atoms with van der Waals surface area (Å²) in [6.07, 6.45) is 2.04. The van der Waals surface area contributed by atoms with Crippen LogP contribution < -0.4 is 22.1 Å². The molecule has 194 valence electrons. The molecule has 4 unspecified atom stereocenters. The van der Waals surface area contributed by atoms with Gasteiger partial charge < -0.3 is 42.2 Å². The van der Waals surface area contributed by atoms with Crippen LogP contribution in [0.5, 0.6) is 0 Å². The SMILES string of the molecule is NC(=O)CC(N)C(=O)N1CCCC1C(=O)NC(CO)C(=O)NC(Cc1c[nH]c2ccccc12)C(=O)O. The smallest absolute Gasteiger partial charge is 0.326 e. The Morgan fingerprint density at radius 2 is 1.86 bits per heavy atom. The van der Waals surface area contributed by atoms with Crippen molar-refractivity contribution >= 4 is 40.5 Å². The van der Waals surface area contributed by atoms with Gasteiger partial charge in [-0.25, -0.2) is 4.79 Å². The fraction of sp³-hybridized carbons (Fsp3) is 0.435. The number of aliphatic hydroxyl groups excluding tert-OH is 1. The van der Waals surface area contributed by atoms with Gasteiger partial charge in [0.05, 0.1) is 19.1 Å². The molecule has 1 aromatic heterocycles. The third kappa shape index (κ3) is 6.17. The van der Waals surface area contributed by atoms with Gasteiger partial charge in [-0.05, 0) is 24.5 Å². The minimum atomic E-state index is -1.45. The van der Waals surface area contributed by atoms with Crippen LogP contribution in [-0.2, 0) is 30.4 Å². The number of hydrogen-bond donors (Lipinski definition) is 7. The van der Waals surface area contributed by atoms with Crippen LogP contribution in [0.4, 0.5) is 0 Å². The highest BCUT2D eigenvalue weighted by atomic mass is 16.4. The minimum Gasteiger partial charge on any atom is -0.480 e. The standard InChI is InChI=1S/C23H30N6O7/c24-14(9-19(25)31)22(34)29-7-3-6-18(29)21(33)28-17(11-30)20(32)27-16(23(35)36)8-12-10-26-15-5-2-1-4-13(12)15/h1-2,4-5,10,14,16-18,26,30H,3,6-9,11,24H2,(H2,25,31)(H,27,32)(H,28,33)(H,35,36). The lowest BCUT2D eigenvalue weighted by Crippen LogP contribution is -2.58. The van der Waals surface area contributed by atoms with Gasteiger partial charge in [0.25, 0.3) is 0 Å². The number of nitrogens with one attached hydrogen (secondary N) is 3. The Balaban J connectivity index is 1.65. The molecule has 1 saturated heterocycles. The maximum absolute atomic E-state index is 12.9. The summed E-state index contributed by atoms with van der Waals surface area (Å²) in [6.45, 7) is -0.566. The predicted molar refractivity (Wildman–Crippen MR) is 127 cm³/mol. The summed E-state index contributed by atoms with van der Waals surface area (Å²) in [4.78, 5) is 65.4. The molecule has 0 saturated carbocycles. The average molecular weight is 503 g/mol. The van der Waals surface area contributed by atoms with Gasteiger partial charge in [-0.15, -0.1) is 0 Å². The van der Waals surface area contributed by atoms with Gasteiger partial charge in [-0.2, -0.15) is 0 Å². The molecular weight excluding hydrogens is 472 g/mol. The lowest BCUT2D eigenvalue weighted by atomic mass is 10.0. The van der Waals surface area contributed by atoms with E-state index in [9.17, 15) is 34.2 Å². The molecule has 9 N–H and O–H groups in total. The Kier molecular flexibility index (Phi) is 8.61. The normalized spacial score (nSPS) is 17.8. The lowest BCUT2D eigenvalue weighted by molar-refractivity contribution is -0.143. The molecule has 13 heteroatoms. The number of para-hydroxylation sites is 1. The van der Waals surface area contributed by atoms with Crippen LogP contribution >= 0.6 is 0 Å². The number of carbonyl (C=O) groups excluding carboxylic acids is 4. The first-order chi connectivity index (χ1) is 17.1. The summed E-state index contributed by atoms with van der Waals surface area (Å²) >= 11 is 0. The van der Waals surface area contributed by atoms with Crippen molar-refractivity contribution in [2.75, 3.05) is 13.2 Å². The van der Waals surface area contributed by atoms with Crippen molar-refractivity contribution in [3.63, 3.8) is 0 Å². The van der Waals surface area contributed by atoms with Crippen LogP contribution in [0.25, 0.3) is 10.9 Å². The highest BCUT2D eigenvalue weighted by Gasteiger charge is 2.38. The number of carbonyl (C=O) groups is 5. The number of rotatable bonds is 11. The van der Waals surface area contributed by atoms with Crippen molar-refractivity contribution in [2.24, 2.45) is 11.5 Å². The van der Waals surface area contributed by atoms with Crippen LogP contribution in [0.1, 0.15) is 24.8 Å². The summed E-state index contributed by atoms with van der Waals surface area (Å²) in [5.74, 6) is -4.26. The highest BCUT2D eigenvalue weighted by Crippen LogP contribution is 2.20. The van der Waals surface area contributed by atoms with Crippen LogP contribution in [0.15, 0.2) is 30.5 Å². The number of aromatic nitrogens is 1. The van der Waals surface area contributed by atoms with E-state index in [0.717, 1.165) is 10.9 Å². The van der Waals surface area contributed by atoms with Crippen LogP contribution in [-0.4, -0.2) is 87.0 Å². The number of fused-ring (bicyclic) bond motifs is 1. The fourth-order valence-electron chi connectivity index (χ4n) is 4.27. The Morgan fingerprint density at radius 3 is 2.53 bits per heavy atom. The molecule has 0 radical (unpaired) electrons. The molecular formula is C23H30N6O7. The molecule has 0 bridgehead atoms. The lowest BCUT2D eigenvalue weighted by Gasteiger charge is -2.28. The van der Waals surface area contributed by atoms with Crippen molar-refractivity contribution in [1.82, 2.24) is 20.5 Å². The number of nitrogens with two attached hydrogens (primary N) is 2. The zero-order valence-electron chi connectivity index (χ0n) is 19.5. The maximum atomic E-state index is 12.9. The fourth-order valence-corrected chi connectivity index (χ4v) is 4.27. The summed E-state index contributed by atoms with van der Waals surface area (Å²) in [5, 5.41) is 24.9. The number of benzene rings is 1. The Labute approximate surface area is 206 Å². The number of aromatic amines is 1. The number of nitrogens with zero attached hydrogens (tertiary/aromatic N) is 1. The first kappa shape index (κ1) is 26.6. The molecule has 2 heterocycles. The van der Waals surface area contributed by atoms with Crippen molar-refractivity contribution in [3.8, 4) is 0 Å². The number of carboxylic acids is 1. The maximum Gasteiger partial charge on any atom is 0.326 e. The van der Waals surface area contributed by atoms with Gasteiger partial charge >= 0.3 is 5.97 Å². The van der Waals surface area contributed by atoms with Crippen molar-refractivity contribution in [2.45, 2.75) is 49.9 Å². The Hall–Kier alpha value is -3.97. The number of likely N-dealkylation sites (tertiary alicyclic amines) is 1. The molecule has 3 rings (SSSR count). The first-order valence-electron chi connectivity index (χ1n) is 11.5. The summed E-state index contributed by atoms with van der Waals surface area (Å²) in [5.41, 5.74) is 12.3. The number of aliphatic hydroxyl groups is 1. The van der Waals surface area contributed by atoms with Crippen molar-refractivity contribution in [1.29, 1.82) is 0 Å². The number of amides is 4. The minimum absolute atomic E-state index is 0.0279. The molecule has 1 aliphatic rings. The molecule has 2 aromatic rings. The first-order valence-corrected chi connectivity index (χ1v) is 11.5. The Bertz CT molecular complexity index is 1150. The number of H-pyrrole nitrogens is 1. The van der Waals surface area contributed by atoms with E-state index in [0.29, 0.717) is 18.4 Å². The zero-order valence-corrected chi connectivity index (χ0v) is 19.5. The molecule has 4 amide bonds. The molecule has 0 spiro atoms. The van der Waals surface area contributed by atoms with E-state index in [-0.39, 0.29) is 19.4 Å². The van der Waals surface area contributed by atoms with Gasteiger partial charge in [0, 0.05) is 30.1 Å². The number of aliphatic carboxylic acids is 1. The number of primary amides is 1. The number of hydrogen-bond acceptors (Lipinski definition) is 7. The van der Waals surface area contributed by atoms with E-state index in [1.165, 1.54) is 4.90 Å². The third-order valence-electron chi connectivity index (χ3n) is 6.11. The predicted octanol–water partition coefficient (Wildman–Crippen LogP) is -2.05. The topological polar surface area (TPSA) is 221 Å². The molecule has 1 aliphatic heterocycles. The van der Waals surface area contributed by atoms with Crippen LogP contribution in [0.3, 0.4) is 0 Å². The van der Waals surface area contributed by atoms with E-state index in [2.05, 4.69) is 15.6 Å². The second kappa shape index (κ2) is 11.6. The van der Waals surface area contributed by atoms with E-state index < -0.39 is 60.4 Å². The summed E-state index contributed by atoms with van der Waals surface area (Å²) < 4.78 is 0. The van der Waals surface area contributed by atoms with Gasteiger partial charge in [0.1, 0.15) is 18.1 Å². The molecule has 13 nitrogen and oxygen atoms in total. The van der Waals surface area contributed by atoms with E-state index >= 15 is 0 Å². The third-order valence-corrected chi connectivity index (χ3v) is 6.11. The summed E-state index contributed by atoms with van der Waals surface area (Å²) in [7, 11) is 0. The van der Waals surface area contributed by atoms with Gasteiger partial charge in [0.2, 0.25) is 23.6 Å². The van der Waals surface area contributed by atoms with Gasteiger partial charge in [-0.1, -0.05) is 18.2 Å². The average Bonchev–Trinajstić information content (AvgIpc) is 3.48. The Morgan fingerprint density at radius 1 is 1.14 bits per heavy atom. The van der Waals surface area contributed by atoms with Crippen LogP contribution in [0.2, 0.25) is 0 Å². The van der Waals surface area contributed by atoms with Gasteiger partial charge in [-0.3, -0.25) is 19.2 Å². The zero-order chi connectivity index (χ0) is 26.4. The van der Waals surface area contributed by atoms with Crippen LogP contribution in [0, 0.1) is 0 Å².